The summed E-state index contributed by atoms with van der Waals surface area (Å²) < 4.78 is 0. The Morgan fingerprint density at radius 1 is 1.04 bits per heavy atom. The first-order valence-electron chi connectivity index (χ1n) is 8.70. The number of hydrogen-bond donors (Lipinski definition) is 2. The number of rotatable bonds is 5. The summed E-state index contributed by atoms with van der Waals surface area (Å²) in [6.45, 7) is 7.06. The fraction of sp³-hybridized carbons (Fsp3) is 0.400. The van der Waals surface area contributed by atoms with E-state index in [2.05, 4.69) is 40.1 Å². The molecule has 4 heteroatoms. The topological polar surface area (TPSA) is 52.7 Å². The third kappa shape index (κ3) is 4.08. The minimum absolute atomic E-state index is 0.444. The number of aliphatic hydroxyl groups is 1. The number of piperazine rings is 1. The van der Waals surface area contributed by atoms with Crippen LogP contribution in [0, 0.1) is 6.92 Å². The van der Waals surface area contributed by atoms with E-state index in [1.165, 1.54) is 5.69 Å². The van der Waals surface area contributed by atoms with Gasteiger partial charge in [0.25, 0.3) is 0 Å². The van der Waals surface area contributed by atoms with Gasteiger partial charge in [0.05, 0.1) is 6.10 Å². The molecule has 0 spiro atoms. The Balaban J connectivity index is 1.47. The van der Waals surface area contributed by atoms with E-state index in [-0.39, 0.29) is 0 Å². The van der Waals surface area contributed by atoms with E-state index in [1.54, 1.807) is 0 Å². The fourth-order valence-electron chi connectivity index (χ4n) is 3.21. The summed E-state index contributed by atoms with van der Waals surface area (Å²) in [7, 11) is 0. The number of anilines is 2. The number of para-hydroxylation sites is 1. The Morgan fingerprint density at radius 2 is 1.75 bits per heavy atom. The van der Waals surface area contributed by atoms with Crippen LogP contribution in [-0.2, 0) is 0 Å². The van der Waals surface area contributed by atoms with Gasteiger partial charge in [0.15, 0.2) is 0 Å². The summed E-state index contributed by atoms with van der Waals surface area (Å²) in [6, 6.07) is 16.4. The van der Waals surface area contributed by atoms with Gasteiger partial charge in [-0.1, -0.05) is 30.3 Å². The van der Waals surface area contributed by atoms with Crippen molar-refractivity contribution in [1.82, 2.24) is 4.90 Å². The first-order chi connectivity index (χ1) is 11.6. The lowest BCUT2D eigenvalue weighted by Crippen LogP contribution is -2.46. The van der Waals surface area contributed by atoms with Crippen molar-refractivity contribution in [3.05, 3.63) is 59.7 Å². The first-order valence-corrected chi connectivity index (χ1v) is 8.70. The molecule has 1 fully saturated rings. The lowest BCUT2D eigenvalue weighted by atomic mass is 10.0. The maximum Gasteiger partial charge on any atom is 0.0803 e. The van der Waals surface area contributed by atoms with E-state index in [0.717, 1.165) is 56.0 Å². The lowest BCUT2D eigenvalue weighted by molar-refractivity contribution is 0.139. The Hall–Kier alpha value is -2.04. The maximum atomic E-state index is 10.4. The number of benzene rings is 2. The Kier molecular flexibility index (Phi) is 5.38. The van der Waals surface area contributed by atoms with Crippen molar-refractivity contribution in [2.24, 2.45) is 0 Å². The molecule has 1 heterocycles. The van der Waals surface area contributed by atoms with Crippen molar-refractivity contribution in [3.8, 4) is 0 Å². The number of nitrogen functional groups attached to an aromatic ring is 1. The third-order valence-corrected chi connectivity index (χ3v) is 4.90. The van der Waals surface area contributed by atoms with Crippen LogP contribution >= 0.6 is 0 Å². The van der Waals surface area contributed by atoms with Gasteiger partial charge in [-0.15, -0.1) is 0 Å². The summed E-state index contributed by atoms with van der Waals surface area (Å²) in [4.78, 5) is 4.85. The van der Waals surface area contributed by atoms with Crippen LogP contribution in [0.3, 0.4) is 0 Å². The van der Waals surface area contributed by atoms with Crippen LogP contribution in [0.1, 0.15) is 23.7 Å². The molecule has 3 N–H and O–H groups in total. The zero-order valence-electron chi connectivity index (χ0n) is 14.4. The molecular formula is C20H27N3O. The van der Waals surface area contributed by atoms with Crippen LogP contribution in [0.5, 0.6) is 0 Å². The molecule has 0 aliphatic carbocycles. The van der Waals surface area contributed by atoms with Gasteiger partial charge in [-0.2, -0.15) is 0 Å². The molecule has 1 aliphatic heterocycles. The molecular weight excluding hydrogens is 298 g/mol. The van der Waals surface area contributed by atoms with Gasteiger partial charge in [-0.25, -0.2) is 0 Å². The molecule has 1 atom stereocenters. The van der Waals surface area contributed by atoms with E-state index in [9.17, 15) is 5.11 Å². The summed E-state index contributed by atoms with van der Waals surface area (Å²) in [5, 5.41) is 10.4. The zero-order chi connectivity index (χ0) is 16.9. The van der Waals surface area contributed by atoms with Crippen molar-refractivity contribution < 1.29 is 5.11 Å². The molecule has 2 aromatic rings. The largest absolute Gasteiger partial charge is 0.399 e. The molecule has 1 unspecified atom stereocenters. The monoisotopic (exact) mass is 325 g/mol. The molecule has 1 aliphatic rings. The average Bonchev–Trinajstić information content (AvgIpc) is 2.63. The maximum absolute atomic E-state index is 10.4. The second-order valence-corrected chi connectivity index (χ2v) is 6.58. The van der Waals surface area contributed by atoms with Gasteiger partial charge in [0.1, 0.15) is 0 Å². The van der Waals surface area contributed by atoms with Crippen molar-refractivity contribution in [2.75, 3.05) is 43.4 Å². The number of hydrogen-bond acceptors (Lipinski definition) is 4. The van der Waals surface area contributed by atoms with Gasteiger partial charge >= 0.3 is 0 Å². The molecule has 24 heavy (non-hydrogen) atoms. The molecule has 2 aromatic carbocycles. The molecule has 4 nitrogen and oxygen atoms in total. The van der Waals surface area contributed by atoms with Crippen LogP contribution in [0.25, 0.3) is 0 Å². The van der Waals surface area contributed by atoms with Crippen LogP contribution in [0.15, 0.2) is 48.5 Å². The number of nitrogens with two attached hydrogens (primary N) is 1. The van der Waals surface area contributed by atoms with Gasteiger partial charge in [0, 0.05) is 44.1 Å². The number of aliphatic hydroxyl groups excluding tert-OH is 1. The highest BCUT2D eigenvalue weighted by atomic mass is 16.3. The predicted molar refractivity (Wildman–Crippen MR) is 100 cm³/mol. The van der Waals surface area contributed by atoms with Crippen molar-refractivity contribution in [3.63, 3.8) is 0 Å². The normalized spacial score (nSPS) is 17.0. The molecule has 0 radical (unpaired) electrons. The minimum atomic E-state index is -0.444. The van der Waals surface area contributed by atoms with Crippen LogP contribution in [0.2, 0.25) is 0 Å². The summed E-state index contributed by atoms with van der Waals surface area (Å²) in [5.74, 6) is 0. The average molecular weight is 325 g/mol. The van der Waals surface area contributed by atoms with Crippen molar-refractivity contribution >= 4 is 11.4 Å². The quantitative estimate of drug-likeness (QED) is 0.830. The first kappa shape index (κ1) is 16.8. The van der Waals surface area contributed by atoms with Crippen LogP contribution in [-0.4, -0.2) is 42.7 Å². The van der Waals surface area contributed by atoms with E-state index < -0.39 is 6.10 Å². The van der Waals surface area contributed by atoms with Crippen LogP contribution in [0.4, 0.5) is 11.4 Å². The highest BCUT2D eigenvalue weighted by molar-refractivity contribution is 5.49. The predicted octanol–water partition coefficient (Wildman–Crippen LogP) is 2.82. The summed E-state index contributed by atoms with van der Waals surface area (Å²) in [6.07, 6.45) is 0.299. The van der Waals surface area contributed by atoms with Crippen LogP contribution < -0.4 is 10.6 Å². The molecule has 0 aromatic heterocycles. The number of nitrogens with zero attached hydrogens (tertiary/aromatic N) is 2. The SMILES string of the molecule is Cc1ccc(C(O)CCN2CCN(c3ccccc3)CC2)cc1N. The van der Waals surface area contributed by atoms with Crippen molar-refractivity contribution in [1.29, 1.82) is 0 Å². The molecule has 0 bridgehead atoms. The smallest absolute Gasteiger partial charge is 0.0803 e. The Morgan fingerprint density at radius 3 is 2.42 bits per heavy atom. The van der Waals surface area contributed by atoms with E-state index in [0.29, 0.717) is 0 Å². The highest BCUT2D eigenvalue weighted by Gasteiger charge is 2.18. The Labute approximate surface area is 144 Å². The second kappa shape index (κ2) is 7.69. The van der Waals surface area contributed by atoms with Gasteiger partial charge in [-0.05, 0) is 42.7 Å². The molecule has 0 saturated carbocycles. The van der Waals surface area contributed by atoms with E-state index >= 15 is 0 Å². The standard InChI is InChI=1S/C20H27N3O/c1-16-7-8-17(15-19(16)21)20(24)9-10-22-11-13-23(14-12-22)18-5-3-2-4-6-18/h2-8,15,20,24H,9-14,21H2,1H3. The second-order valence-electron chi connectivity index (χ2n) is 6.58. The van der Waals surface area contributed by atoms with E-state index in [1.807, 2.05) is 25.1 Å². The zero-order valence-corrected chi connectivity index (χ0v) is 14.4. The molecule has 128 valence electrons. The molecule has 1 saturated heterocycles. The van der Waals surface area contributed by atoms with Gasteiger partial charge in [-0.3, -0.25) is 4.90 Å². The van der Waals surface area contributed by atoms with Crippen molar-refractivity contribution in [2.45, 2.75) is 19.4 Å². The fourth-order valence-corrected chi connectivity index (χ4v) is 3.21. The van der Waals surface area contributed by atoms with E-state index in [4.69, 9.17) is 5.73 Å². The summed E-state index contributed by atoms with van der Waals surface area (Å²) in [5.41, 5.74) is 9.97. The van der Waals surface area contributed by atoms with Gasteiger partial charge in [0.2, 0.25) is 0 Å². The minimum Gasteiger partial charge on any atom is -0.399 e. The molecule has 3 rings (SSSR count). The van der Waals surface area contributed by atoms with Gasteiger partial charge < -0.3 is 15.7 Å². The number of aryl methyl sites for hydroxylation is 1. The molecule has 0 amide bonds. The Bertz CT molecular complexity index is 651. The highest BCUT2D eigenvalue weighted by Crippen LogP contribution is 2.22. The third-order valence-electron chi connectivity index (χ3n) is 4.90. The lowest BCUT2D eigenvalue weighted by Gasteiger charge is -2.36. The summed E-state index contributed by atoms with van der Waals surface area (Å²) >= 11 is 0.